The van der Waals surface area contributed by atoms with Gasteiger partial charge in [0.15, 0.2) is 0 Å². The Morgan fingerprint density at radius 3 is 2.44 bits per heavy atom. The second kappa shape index (κ2) is 12.6. The largest absolute Gasteiger partial charge is 0.463 e. The summed E-state index contributed by atoms with van der Waals surface area (Å²) >= 11 is 1.57. The second-order valence-corrected chi connectivity index (χ2v) is 8.93. The van der Waals surface area contributed by atoms with E-state index in [4.69, 9.17) is 4.74 Å². The van der Waals surface area contributed by atoms with Crippen molar-refractivity contribution in [1.82, 2.24) is 5.32 Å². The summed E-state index contributed by atoms with van der Waals surface area (Å²) in [6.45, 7) is 12.3. The van der Waals surface area contributed by atoms with Crippen molar-refractivity contribution < 1.29 is 19.4 Å². The first-order valence-electron chi connectivity index (χ1n) is 9.29. The molecule has 0 aromatic rings. The third-order valence-corrected chi connectivity index (χ3v) is 5.47. The maximum atomic E-state index is 11.8. The van der Waals surface area contributed by atoms with Gasteiger partial charge in [-0.1, -0.05) is 34.1 Å². The first-order chi connectivity index (χ1) is 11.6. The van der Waals surface area contributed by atoms with Crippen LogP contribution in [0.25, 0.3) is 0 Å². The van der Waals surface area contributed by atoms with Crippen LogP contribution in [0.3, 0.4) is 0 Å². The summed E-state index contributed by atoms with van der Waals surface area (Å²) in [5, 5.41) is 12.8. The summed E-state index contributed by atoms with van der Waals surface area (Å²) in [6, 6.07) is 0.143. The molecule has 0 aliphatic carbocycles. The van der Waals surface area contributed by atoms with Crippen molar-refractivity contribution in [3.8, 4) is 0 Å². The number of nitrogens with one attached hydrogen (secondary N) is 1. The highest BCUT2D eigenvalue weighted by molar-refractivity contribution is 7.99. The van der Waals surface area contributed by atoms with Crippen molar-refractivity contribution in [2.75, 3.05) is 18.1 Å². The molecule has 1 amide bonds. The fraction of sp³-hybridized carbons (Fsp3) is 0.895. The molecule has 0 saturated carbocycles. The summed E-state index contributed by atoms with van der Waals surface area (Å²) in [5.41, 5.74) is 0.209. The van der Waals surface area contributed by atoms with Crippen LogP contribution in [0.5, 0.6) is 0 Å². The Balaban J connectivity index is 3.78. The number of carbonyl (C=O) groups is 2. The van der Waals surface area contributed by atoms with E-state index in [1.54, 1.807) is 11.8 Å². The van der Waals surface area contributed by atoms with Gasteiger partial charge in [0.1, 0.15) is 6.61 Å². The van der Waals surface area contributed by atoms with Crippen molar-refractivity contribution in [2.24, 2.45) is 11.3 Å². The number of amides is 1. The summed E-state index contributed by atoms with van der Waals surface area (Å²) < 4.78 is 5.13. The van der Waals surface area contributed by atoms with Crippen LogP contribution in [0.1, 0.15) is 67.2 Å². The normalized spacial score (nSPS) is 14.2. The number of ether oxygens (including phenoxy) is 1. The third kappa shape index (κ3) is 13.2. The topological polar surface area (TPSA) is 75.6 Å². The first-order valence-corrected chi connectivity index (χ1v) is 10.4. The lowest BCUT2D eigenvalue weighted by molar-refractivity contribution is -0.146. The average molecular weight is 376 g/mol. The fourth-order valence-electron chi connectivity index (χ4n) is 2.00. The highest BCUT2D eigenvalue weighted by Gasteiger charge is 2.18. The van der Waals surface area contributed by atoms with Crippen molar-refractivity contribution in [1.29, 1.82) is 0 Å². The van der Waals surface area contributed by atoms with Crippen molar-refractivity contribution >= 4 is 23.6 Å². The van der Waals surface area contributed by atoms with Gasteiger partial charge in [-0.05, 0) is 32.1 Å². The van der Waals surface area contributed by atoms with Gasteiger partial charge < -0.3 is 15.2 Å². The Kier molecular flexibility index (Phi) is 12.2. The van der Waals surface area contributed by atoms with Gasteiger partial charge in [0.2, 0.25) is 5.91 Å². The molecule has 0 heterocycles. The Hall–Kier alpha value is -0.750. The van der Waals surface area contributed by atoms with Gasteiger partial charge in [0.25, 0.3) is 0 Å². The molecule has 5 nitrogen and oxygen atoms in total. The van der Waals surface area contributed by atoms with E-state index in [0.29, 0.717) is 24.3 Å². The molecule has 0 bridgehead atoms. The van der Waals surface area contributed by atoms with Crippen LogP contribution in [0.15, 0.2) is 0 Å². The third-order valence-electron chi connectivity index (χ3n) is 4.25. The minimum atomic E-state index is -0.595. The zero-order valence-corrected chi connectivity index (χ0v) is 17.6. The number of esters is 1. The molecule has 0 rings (SSSR count). The standard InChI is InChI=1S/C19H37NO4S/c1-7-19(5,6)10-8-16(21)12-24-17(22)9-11-25-13-15(4)18(23)20-14(2)3/h14-16,21H,7-13H2,1-6H3,(H,20,23). The average Bonchev–Trinajstić information content (AvgIpc) is 2.54. The van der Waals surface area contributed by atoms with Crippen molar-refractivity contribution in [2.45, 2.75) is 79.4 Å². The molecule has 2 unspecified atom stereocenters. The number of rotatable bonds is 13. The molecular weight excluding hydrogens is 338 g/mol. The molecule has 0 aliphatic heterocycles. The maximum absolute atomic E-state index is 11.8. The summed E-state index contributed by atoms with van der Waals surface area (Å²) in [7, 11) is 0. The quantitative estimate of drug-likeness (QED) is 0.381. The maximum Gasteiger partial charge on any atom is 0.306 e. The summed E-state index contributed by atoms with van der Waals surface area (Å²) in [4.78, 5) is 23.5. The molecule has 2 N–H and O–H groups in total. The van der Waals surface area contributed by atoms with Crippen LogP contribution in [0.2, 0.25) is 0 Å². The fourth-order valence-corrected chi connectivity index (χ4v) is 2.98. The monoisotopic (exact) mass is 375 g/mol. The van der Waals surface area contributed by atoms with Gasteiger partial charge in [0.05, 0.1) is 12.5 Å². The molecule has 2 atom stereocenters. The number of thioether (sulfide) groups is 1. The van der Waals surface area contributed by atoms with Crippen LogP contribution in [-0.2, 0) is 14.3 Å². The van der Waals surface area contributed by atoms with E-state index in [2.05, 4.69) is 26.1 Å². The van der Waals surface area contributed by atoms with E-state index in [0.717, 1.165) is 12.8 Å². The first kappa shape index (κ1) is 24.2. The van der Waals surface area contributed by atoms with E-state index >= 15 is 0 Å². The van der Waals surface area contributed by atoms with Crippen LogP contribution < -0.4 is 5.32 Å². The molecule has 0 saturated heterocycles. The molecule has 0 aliphatic rings. The van der Waals surface area contributed by atoms with Gasteiger partial charge in [-0.3, -0.25) is 9.59 Å². The molecule has 0 aromatic heterocycles. The number of aliphatic hydroxyl groups is 1. The second-order valence-electron chi connectivity index (χ2n) is 7.78. The van der Waals surface area contributed by atoms with Crippen LogP contribution in [0, 0.1) is 11.3 Å². The van der Waals surface area contributed by atoms with Gasteiger partial charge in [-0.25, -0.2) is 0 Å². The zero-order chi connectivity index (χ0) is 19.5. The van der Waals surface area contributed by atoms with Crippen LogP contribution in [-0.4, -0.2) is 47.2 Å². The van der Waals surface area contributed by atoms with Crippen LogP contribution >= 0.6 is 11.8 Å². The zero-order valence-electron chi connectivity index (χ0n) is 16.8. The molecule has 25 heavy (non-hydrogen) atoms. The minimum absolute atomic E-state index is 0.0446. The number of aliphatic hydroxyl groups excluding tert-OH is 1. The molecule has 0 spiro atoms. The SMILES string of the molecule is CCC(C)(C)CCC(O)COC(=O)CCSCC(C)C(=O)NC(C)C. The van der Waals surface area contributed by atoms with E-state index in [9.17, 15) is 14.7 Å². The molecule has 0 radical (unpaired) electrons. The lowest BCUT2D eigenvalue weighted by Crippen LogP contribution is -2.35. The predicted octanol–water partition coefficient (Wildman–Crippen LogP) is 3.39. The van der Waals surface area contributed by atoms with Crippen molar-refractivity contribution in [3.63, 3.8) is 0 Å². The van der Waals surface area contributed by atoms with E-state index in [-0.39, 0.29) is 35.9 Å². The molecule has 0 fully saturated rings. The smallest absolute Gasteiger partial charge is 0.306 e. The Morgan fingerprint density at radius 2 is 1.88 bits per heavy atom. The van der Waals surface area contributed by atoms with Crippen LogP contribution in [0.4, 0.5) is 0 Å². The highest BCUT2D eigenvalue weighted by Crippen LogP contribution is 2.26. The predicted molar refractivity (Wildman–Crippen MR) is 105 cm³/mol. The molecular formula is C19H37NO4S. The van der Waals surface area contributed by atoms with Gasteiger partial charge in [0, 0.05) is 23.5 Å². The number of carbonyl (C=O) groups excluding carboxylic acids is 2. The number of hydrogen-bond acceptors (Lipinski definition) is 5. The van der Waals surface area contributed by atoms with Gasteiger partial charge >= 0.3 is 5.97 Å². The number of hydrogen-bond donors (Lipinski definition) is 2. The Labute approximate surface area is 157 Å². The Bertz CT molecular complexity index is 399. The summed E-state index contributed by atoms with van der Waals surface area (Å²) in [6.07, 6.45) is 2.32. The van der Waals surface area contributed by atoms with Gasteiger partial charge in [-0.15, -0.1) is 0 Å². The summed E-state index contributed by atoms with van der Waals surface area (Å²) in [5.74, 6) is 0.980. The van der Waals surface area contributed by atoms with E-state index in [1.807, 2.05) is 20.8 Å². The molecule has 148 valence electrons. The van der Waals surface area contributed by atoms with Gasteiger partial charge in [-0.2, -0.15) is 11.8 Å². The molecule has 6 heteroatoms. The molecule has 0 aromatic carbocycles. The van der Waals surface area contributed by atoms with E-state index < -0.39 is 6.10 Å². The van der Waals surface area contributed by atoms with E-state index in [1.165, 1.54) is 0 Å². The van der Waals surface area contributed by atoms with Crippen molar-refractivity contribution in [3.05, 3.63) is 0 Å². The lowest BCUT2D eigenvalue weighted by atomic mass is 9.84. The highest BCUT2D eigenvalue weighted by atomic mass is 32.2. The minimum Gasteiger partial charge on any atom is -0.463 e. The Morgan fingerprint density at radius 1 is 1.24 bits per heavy atom. The lowest BCUT2D eigenvalue weighted by Gasteiger charge is -2.23.